The lowest BCUT2D eigenvalue weighted by Gasteiger charge is -2.33. The summed E-state index contributed by atoms with van der Waals surface area (Å²) in [4.78, 5) is 16.6. The first-order chi connectivity index (χ1) is 19.2. The zero-order valence-electron chi connectivity index (χ0n) is 21.9. The lowest BCUT2D eigenvalue weighted by atomic mass is 9.92. The van der Waals surface area contributed by atoms with Gasteiger partial charge in [-0.1, -0.05) is 6.07 Å². The molecule has 1 fully saturated rings. The SMILES string of the molecule is O=[N+]([O-])c1cn2c(n1)O[C@@H](COc1ccc(N3CCC(CCCOc4cccc(C(F)(F)F)c4)CC3)cc1)CC2. The third-order valence-corrected chi connectivity index (χ3v) is 7.32. The minimum atomic E-state index is -4.37. The van der Waals surface area contributed by atoms with E-state index in [1.165, 1.54) is 12.3 Å². The number of anilines is 1. The van der Waals surface area contributed by atoms with Gasteiger partial charge in [-0.15, -0.1) is 0 Å². The monoisotopic (exact) mass is 560 g/mol. The van der Waals surface area contributed by atoms with Gasteiger partial charge in [0.25, 0.3) is 0 Å². The van der Waals surface area contributed by atoms with Gasteiger partial charge >= 0.3 is 18.0 Å². The number of aromatic nitrogens is 2. The third kappa shape index (κ3) is 6.97. The lowest BCUT2D eigenvalue weighted by molar-refractivity contribution is -0.389. The van der Waals surface area contributed by atoms with Crippen LogP contribution in [0.4, 0.5) is 24.7 Å². The van der Waals surface area contributed by atoms with Crippen LogP contribution in [-0.2, 0) is 12.7 Å². The van der Waals surface area contributed by atoms with E-state index in [1.807, 2.05) is 24.3 Å². The fourth-order valence-electron chi connectivity index (χ4n) is 5.08. The molecule has 0 amide bonds. The molecule has 0 bridgehead atoms. The zero-order valence-corrected chi connectivity index (χ0v) is 21.9. The van der Waals surface area contributed by atoms with Crippen LogP contribution in [0.1, 0.15) is 37.7 Å². The van der Waals surface area contributed by atoms with E-state index in [0.717, 1.165) is 62.3 Å². The second-order valence-corrected chi connectivity index (χ2v) is 10.1. The summed E-state index contributed by atoms with van der Waals surface area (Å²) in [6, 6.07) is 13.2. The fraction of sp³-hybridized carbons (Fsp3) is 0.464. The van der Waals surface area contributed by atoms with Crippen LogP contribution in [0.25, 0.3) is 0 Å². The van der Waals surface area contributed by atoms with Crippen molar-refractivity contribution in [3.05, 3.63) is 70.4 Å². The number of benzene rings is 2. The summed E-state index contributed by atoms with van der Waals surface area (Å²) in [6.07, 6.45) is 1.34. The first kappa shape index (κ1) is 27.6. The van der Waals surface area contributed by atoms with Crippen LogP contribution >= 0.6 is 0 Å². The maximum absolute atomic E-state index is 12.8. The summed E-state index contributed by atoms with van der Waals surface area (Å²) in [6.45, 7) is 3.19. The van der Waals surface area contributed by atoms with Crippen molar-refractivity contribution >= 4 is 11.5 Å². The summed E-state index contributed by atoms with van der Waals surface area (Å²) in [5.74, 6) is 1.32. The second-order valence-electron chi connectivity index (χ2n) is 10.1. The highest BCUT2D eigenvalue weighted by Gasteiger charge is 2.31. The Morgan fingerprint density at radius 2 is 1.80 bits per heavy atom. The largest absolute Gasteiger partial charge is 0.494 e. The highest BCUT2D eigenvalue weighted by molar-refractivity contribution is 5.49. The number of nitrogens with zero attached hydrogens (tertiary/aromatic N) is 4. The van der Waals surface area contributed by atoms with Crippen LogP contribution in [0.15, 0.2) is 54.7 Å². The first-order valence-corrected chi connectivity index (χ1v) is 13.4. The molecule has 0 radical (unpaired) electrons. The summed E-state index contributed by atoms with van der Waals surface area (Å²) in [5, 5.41) is 10.9. The van der Waals surface area contributed by atoms with Gasteiger partial charge in [0.1, 0.15) is 30.4 Å². The van der Waals surface area contributed by atoms with E-state index in [1.54, 1.807) is 10.6 Å². The Morgan fingerprint density at radius 1 is 1.02 bits per heavy atom. The Hall–Kier alpha value is -3.96. The molecule has 1 aromatic heterocycles. The van der Waals surface area contributed by atoms with Gasteiger partial charge in [-0.05, 0) is 79.0 Å². The molecule has 0 saturated carbocycles. The van der Waals surface area contributed by atoms with Gasteiger partial charge in [-0.3, -0.25) is 4.57 Å². The number of alkyl halides is 3. The molecule has 12 heteroatoms. The number of aryl methyl sites for hydroxylation is 1. The van der Waals surface area contributed by atoms with Crippen LogP contribution in [0.5, 0.6) is 17.5 Å². The van der Waals surface area contributed by atoms with Crippen molar-refractivity contribution in [3.8, 4) is 17.5 Å². The molecule has 1 atom stereocenters. The van der Waals surface area contributed by atoms with Gasteiger partial charge in [0, 0.05) is 36.7 Å². The van der Waals surface area contributed by atoms with E-state index in [0.29, 0.717) is 32.1 Å². The lowest BCUT2D eigenvalue weighted by Crippen LogP contribution is -2.33. The fourth-order valence-corrected chi connectivity index (χ4v) is 5.08. The Bertz CT molecular complexity index is 1290. The highest BCUT2D eigenvalue weighted by Crippen LogP contribution is 2.32. The van der Waals surface area contributed by atoms with Crippen LogP contribution in [-0.4, -0.2) is 46.9 Å². The average Bonchev–Trinajstić information content (AvgIpc) is 3.39. The van der Waals surface area contributed by atoms with Crippen molar-refractivity contribution in [1.82, 2.24) is 9.55 Å². The maximum atomic E-state index is 12.8. The van der Waals surface area contributed by atoms with Crippen molar-refractivity contribution in [2.45, 2.75) is 50.9 Å². The number of imidazole rings is 1. The van der Waals surface area contributed by atoms with Crippen molar-refractivity contribution in [1.29, 1.82) is 0 Å². The number of hydrogen-bond donors (Lipinski definition) is 0. The number of rotatable bonds is 10. The van der Waals surface area contributed by atoms with Crippen LogP contribution in [0, 0.1) is 16.0 Å². The van der Waals surface area contributed by atoms with Gasteiger partial charge in [-0.25, -0.2) is 0 Å². The van der Waals surface area contributed by atoms with Gasteiger partial charge in [0.2, 0.25) is 0 Å². The minimum Gasteiger partial charge on any atom is -0.494 e. The Kier molecular flexibility index (Phi) is 8.32. The molecule has 3 aromatic rings. The average molecular weight is 561 g/mol. The van der Waals surface area contributed by atoms with Crippen molar-refractivity contribution in [2.24, 2.45) is 5.92 Å². The van der Waals surface area contributed by atoms with Crippen LogP contribution < -0.4 is 19.1 Å². The molecule has 214 valence electrons. The third-order valence-electron chi connectivity index (χ3n) is 7.32. The van der Waals surface area contributed by atoms with E-state index in [2.05, 4.69) is 9.88 Å². The van der Waals surface area contributed by atoms with Crippen LogP contribution in [0.2, 0.25) is 0 Å². The topological polar surface area (TPSA) is 91.9 Å². The van der Waals surface area contributed by atoms with Crippen LogP contribution in [0.3, 0.4) is 0 Å². The quantitative estimate of drug-likeness (QED) is 0.168. The van der Waals surface area contributed by atoms with Gasteiger partial charge < -0.3 is 29.2 Å². The molecule has 3 heterocycles. The van der Waals surface area contributed by atoms with Gasteiger partial charge in [-0.2, -0.15) is 13.2 Å². The molecule has 2 aliphatic rings. The van der Waals surface area contributed by atoms with E-state index in [4.69, 9.17) is 14.2 Å². The van der Waals surface area contributed by atoms with Gasteiger partial charge in [0.05, 0.1) is 12.2 Å². The van der Waals surface area contributed by atoms with E-state index >= 15 is 0 Å². The molecule has 40 heavy (non-hydrogen) atoms. The number of halogens is 3. The predicted octanol–water partition coefficient (Wildman–Crippen LogP) is 6.12. The molecule has 9 nitrogen and oxygen atoms in total. The number of ether oxygens (including phenoxy) is 3. The molecule has 0 aliphatic carbocycles. The Balaban J connectivity index is 1.00. The Labute approximate surface area is 229 Å². The summed E-state index contributed by atoms with van der Waals surface area (Å²) >= 11 is 0. The highest BCUT2D eigenvalue weighted by atomic mass is 19.4. The van der Waals surface area contributed by atoms with Crippen molar-refractivity contribution in [3.63, 3.8) is 0 Å². The molecule has 2 aromatic carbocycles. The molecular formula is C28H31F3N4O5. The summed E-state index contributed by atoms with van der Waals surface area (Å²) in [5.41, 5.74) is 0.431. The van der Waals surface area contributed by atoms with E-state index in [9.17, 15) is 23.3 Å². The molecular weight excluding hydrogens is 529 g/mol. The molecule has 5 rings (SSSR count). The number of nitro groups is 1. The van der Waals surface area contributed by atoms with Crippen molar-refractivity contribution < 1.29 is 32.3 Å². The maximum Gasteiger partial charge on any atom is 0.416 e. The molecule has 0 N–H and O–H groups in total. The normalized spacial score (nSPS) is 17.7. The molecule has 1 saturated heterocycles. The second kappa shape index (κ2) is 12.1. The standard InChI is InChI=1S/C28H31F3N4O5/c29-28(30,31)21-4-1-5-24(17-21)38-16-2-3-20-10-13-33(14-11-20)22-6-8-23(9-7-22)39-19-25-12-15-34-18-26(35(36)37)32-27(34)40-25/h1,4-9,17-18,20,25H,2-3,10-16,19H2/t25-/m1/s1. The van der Waals surface area contributed by atoms with Crippen molar-refractivity contribution in [2.75, 3.05) is 31.2 Å². The minimum absolute atomic E-state index is 0.223. The number of hydrogen-bond acceptors (Lipinski definition) is 7. The van der Waals surface area contributed by atoms with Gasteiger partial charge in [0.15, 0.2) is 0 Å². The molecule has 0 unspecified atom stereocenters. The molecule has 2 aliphatic heterocycles. The first-order valence-electron chi connectivity index (χ1n) is 13.4. The Morgan fingerprint density at radius 3 is 2.52 bits per heavy atom. The smallest absolute Gasteiger partial charge is 0.416 e. The number of fused-ring (bicyclic) bond motifs is 1. The zero-order chi connectivity index (χ0) is 28.1. The predicted molar refractivity (Wildman–Crippen MR) is 141 cm³/mol. The summed E-state index contributed by atoms with van der Waals surface area (Å²) < 4.78 is 57.4. The summed E-state index contributed by atoms with van der Waals surface area (Å²) in [7, 11) is 0. The number of piperidine rings is 1. The van der Waals surface area contributed by atoms with E-state index < -0.39 is 16.7 Å². The van der Waals surface area contributed by atoms with E-state index in [-0.39, 0.29) is 23.7 Å². The molecule has 0 spiro atoms.